The molecule has 0 saturated carbocycles. The molecule has 2 heterocycles. The van der Waals surface area contributed by atoms with E-state index in [0.717, 1.165) is 56.5 Å². The van der Waals surface area contributed by atoms with E-state index in [0.29, 0.717) is 35.2 Å². The van der Waals surface area contributed by atoms with Crippen molar-refractivity contribution < 1.29 is 34.5 Å². The van der Waals surface area contributed by atoms with Gasteiger partial charge in [-0.05, 0) is 49.0 Å². The molecule has 0 bridgehead atoms. The Morgan fingerprint density at radius 3 is 2.23 bits per heavy atom. The number of likely N-dealkylation sites (tertiary alicyclic amines) is 2. The molecule has 2 saturated heterocycles. The molecule has 1 amide bonds. The molecule has 0 aromatic heterocycles. The van der Waals surface area contributed by atoms with Gasteiger partial charge in [-0.25, -0.2) is 14.4 Å². The van der Waals surface area contributed by atoms with Crippen LogP contribution in [0.15, 0.2) is 42.0 Å². The second-order valence-electron chi connectivity index (χ2n) is 8.30. The van der Waals surface area contributed by atoms with Crippen molar-refractivity contribution in [3.05, 3.63) is 57.6 Å². The van der Waals surface area contributed by atoms with Crippen LogP contribution in [0, 0.1) is 0 Å². The van der Waals surface area contributed by atoms with E-state index in [1.165, 1.54) is 6.08 Å². The molecule has 2 aliphatic heterocycles. The minimum Gasteiger partial charge on any atom is -0.478 e. The van der Waals surface area contributed by atoms with Crippen molar-refractivity contribution in [3.63, 3.8) is 0 Å². The Morgan fingerprint density at radius 1 is 0.943 bits per heavy atom. The zero-order valence-electron chi connectivity index (χ0n) is 19.0. The Balaban J connectivity index is 0.000000466. The highest BCUT2D eigenvalue weighted by Gasteiger charge is 2.30. The third kappa shape index (κ3) is 10.1. The van der Waals surface area contributed by atoms with Gasteiger partial charge in [0.15, 0.2) is 0 Å². The van der Waals surface area contributed by atoms with Crippen molar-refractivity contribution in [1.82, 2.24) is 9.80 Å². The molecule has 1 unspecified atom stereocenters. The lowest BCUT2D eigenvalue weighted by molar-refractivity contribution is -0.134. The van der Waals surface area contributed by atoms with Gasteiger partial charge in [-0.1, -0.05) is 29.3 Å². The van der Waals surface area contributed by atoms with E-state index in [1.54, 1.807) is 12.1 Å². The average molecular weight is 527 g/mol. The normalized spacial score (nSPS) is 19.4. The molecule has 0 radical (unpaired) electrons. The number of nitrogens with zero attached hydrogens (tertiary/aromatic N) is 2. The highest BCUT2D eigenvalue weighted by molar-refractivity contribution is 6.42. The Kier molecular flexibility index (Phi) is 11.2. The lowest BCUT2D eigenvalue weighted by Gasteiger charge is -2.38. The molecule has 2 aliphatic rings. The maximum Gasteiger partial charge on any atom is 0.328 e. The van der Waals surface area contributed by atoms with Gasteiger partial charge in [-0.3, -0.25) is 9.69 Å². The van der Waals surface area contributed by atoms with Crippen LogP contribution in [0.3, 0.4) is 0 Å². The number of carbonyl (C=O) groups excluding carboxylic acids is 1. The first kappa shape index (κ1) is 28.4. The van der Waals surface area contributed by atoms with E-state index in [2.05, 4.69) is 4.90 Å². The first-order valence-corrected chi connectivity index (χ1v) is 11.8. The fourth-order valence-corrected chi connectivity index (χ4v) is 4.40. The largest absolute Gasteiger partial charge is 0.478 e. The van der Waals surface area contributed by atoms with Crippen molar-refractivity contribution in [2.45, 2.75) is 38.1 Å². The second kappa shape index (κ2) is 13.9. The summed E-state index contributed by atoms with van der Waals surface area (Å²) in [7, 11) is 0. The number of rotatable bonds is 7. The predicted molar refractivity (Wildman–Crippen MR) is 131 cm³/mol. The molecule has 35 heavy (non-hydrogen) atoms. The van der Waals surface area contributed by atoms with Crippen molar-refractivity contribution in [2.24, 2.45) is 0 Å². The van der Waals surface area contributed by atoms with Gasteiger partial charge >= 0.3 is 17.9 Å². The number of piperidine rings is 1. The highest BCUT2D eigenvalue weighted by atomic mass is 35.5. The fraction of sp³-hybridized carbons (Fsp3) is 0.417. The maximum atomic E-state index is 12.9. The van der Waals surface area contributed by atoms with Crippen LogP contribution in [-0.2, 0) is 25.6 Å². The van der Waals surface area contributed by atoms with E-state index in [-0.39, 0.29) is 11.9 Å². The Labute approximate surface area is 213 Å². The van der Waals surface area contributed by atoms with Crippen LogP contribution in [0.1, 0.15) is 31.2 Å². The molecule has 1 aromatic rings. The van der Waals surface area contributed by atoms with Crippen LogP contribution in [0.2, 0.25) is 10.0 Å². The molecule has 3 N–H and O–H groups in total. The molecular formula is C24H28Cl2N2O7. The van der Waals surface area contributed by atoms with Crippen molar-refractivity contribution in [3.8, 4) is 0 Å². The third-order valence-electron chi connectivity index (χ3n) is 5.63. The van der Waals surface area contributed by atoms with Gasteiger partial charge in [0, 0.05) is 50.4 Å². The smallest absolute Gasteiger partial charge is 0.328 e. The van der Waals surface area contributed by atoms with E-state index in [9.17, 15) is 19.2 Å². The summed E-state index contributed by atoms with van der Waals surface area (Å²) in [6.07, 6.45) is 6.66. The van der Waals surface area contributed by atoms with Crippen LogP contribution >= 0.6 is 23.2 Å². The topological polar surface area (TPSA) is 135 Å². The Hall–Kier alpha value is -2.88. The molecule has 3 rings (SSSR count). The molecule has 190 valence electrons. The summed E-state index contributed by atoms with van der Waals surface area (Å²) in [6, 6.07) is 5.50. The first-order chi connectivity index (χ1) is 16.5. The lowest BCUT2D eigenvalue weighted by Crippen LogP contribution is -2.49. The fourth-order valence-electron chi connectivity index (χ4n) is 4.08. The molecule has 1 aromatic carbocycles. The van der Waals surface area contributed by atoms with Crippen molar-refractivity contribution >= 4 is 47.0 Å². The van der Waals surface area contributed by atoms with Gasteiger partial charge in [0.25, 0.3) is 0 Å². The number of hydrogen-bond acceptors (Lipinski definition) is 5. The molecule has 9 nitrogen and oxygen atoms in total. The van der Waals surface area contributed by atoms with E-state index >= 15 is 0 Å². The number of carboxylic acids is 3. The van der Waals surface area contributed by atoms with Gasteiger partial charge in [0.05, 0.1) is 16.5 Å². The summed E-state index contributed by atoms with van der Waals surface area (Å²) in [6.45, 7) is 3.10. The summed E-state index contributed by atoms with van der Waals surface area (Å²) in [5, 5.41) is 25.5. The summed E-state index contributed by atoms with van der Waals surface area (Å²) < 4.78 is 0. The number of aliphatic carboxylic acids is 3. The number of hydrogen-bond donors (Lipinski definition) is 3. The minimum absolute atomic E-state index is 0.110. The van der Waals surface area contributed by atoms with Gasteiger partial charge in [-0.2, -0.15) is 0 Å². The standard InChI is InChI=1S/C20H24Cl2N2O3.C4H4O4/c21-17-5-4-14(9-18(17)22)10-19(25)24-7-2-1-3-16(24)13-23-8-6-15(12-23)11-20(26)27;5-3(6)1-2-4(7)8/h4-5,9,11,16H,1-3,6-8,10,12-13H2,(H,26,27);1-2H,(H,5,6)(H,7,8)/b15-11-;2-1+. The van der Waals surface area contributed by atoms with Crippen molar-refractivity contribution in [1.29, 1.82) is 0 Å². The summed E-state index contributed by atoms with van der Waals surface area (Å²) in [5.41, 5.74) is 1.82. The SMILES string of the molecule is O=C(O)/C=C/C(=O)O.O=C(O)/C=C1/CCN(CC2CCCCN2C(=O)Cc2ccc(Cl)c(Cl)c2)C1. The van der Waals surface area contributed by atoms with Gasteiger partial charge in [-0.15, -0.1) is 0 Å². The molecular weight excluding hydrogens is 499 g/mol. The number of carboxylic acid groups (broad SMARTS) is 3. The van der Waals surface area contributed by atoms with E-state index in [4.69, 9.17) is 38.5 Å². The van der Waals surface area contributed by atoms with Crippen LogP contribution in [0.25, 0.3) is 0 Å². The summed E-state index contributed by atoms with van der Waals surface area (Å²) in [5.74, 6) is -3.29. The maximum absolute atomic E-state index is 12.9. The monoisotopic (exact) mass is 526 g/mol. The summed E-state index contributed by atoms with van der Waals surface area (Å²) >= 11 is 12.0. The van der Waals surface area contributed by atoms with Crippen LogP contribution in [-0.4, -0.2) is 81.2 Å². The molecule has 2 fully saturated rings. The third-order valence-corrected chi connectivity index (χ3v) is 6.37. The first-order valence-electron chi connectivity index (χ1n) is 11.1. The van der Waals surface area contributed by atoms with Gasteiger partial charge < -0.3 is 20.2 Å². The van der Waals surface area contributed by atoms with E-state index < -0.39 is 17.9 Å². The quantitative estimate of drug-likeness (QED) is 0.460. The van der Waals surface area contributed by atoms with Crippen LogP contribution in [0.5, 0.6) is 0 Å². The Morgan fingerprint density at radius 2 is 1.63 bits per heavy atom. The predicted octanol–water partition coefficient (Wildman–Crippen LogP) is 3.35. The number of amides is 1. The van der Waals surface area contributed by atoms with Gasteiger partial charge in [0.2, 0.25) is 5.91 Å². The number of carbonyl (C=O) groups is 4. The van der Waals surface area contributed by atoms with Crippen molar-refractivity contribution in [2.75, 3.05) is 26.2 Å². The second-order valence-corrected chi connectivity index (χ2v) is 9.11. The van der Waals surface area contributed by atoms with E-state index in [1.807, 2.05) is 11.0 Å². The summed E-state index contributed by atoms with van der Waals surface area (Å²) in [4.78, 5) is 47.1. The number of halogens is 2. The zero-order chi connectivity index (χ0) is 26.0. The number of benzene rings is 1. The molecule has 11 heteroatoms. The molecule has 1 atom stereocenters. The highest BCUT2D eigenvalue weighted by Crippen LogP contribution is 2.25. The van der Waals surface area contributed by atoms with Crippen LogP contribution in [0.4, 0.5) is 0 Å². The van der Waals surface area contributed by atoms with Crippen LogP contribution < -0.4 is 0 Å². The molecule has 0 aliphatic carbocycles. The zero-order valence-corrected chi connectivity index (χ0v) is 20.5. The minimum atomic E-state index is -1.26. The van der Waals surface area contributed by atoms with Gasteiger partial charge in [0.1, 0.15) is 0 Å². The average Bonchev–Trinajstić information content (AvgIpc) is 3.21. The molecule has 0 spiro atoms. The lowest BCUT2D eigenvalue weighted by atomic mass is 10.00. The Bertz CT molecular complexity index is 994.